The van der Waals surface area contributed by atoms with E-state index in [0.717, 1.165) is 23.2 Å². The summed E-state index contributed by atoms with van der Waals surface area (Å²) >= 11 is 0. The fraction of sp³-hybridized carbons (Fsp3) is 0.417. The average Bonchev–Trinajstić information content (AvgIpc) is 2.48. The van der Waals surface area contributed by atoms with Gasteiger partial charge in [0, 0.05) is 17.5 Å². The van der Waals surface area contributed by atoms with Gasteiger partial charge in [0.2, 0.25) is 0 Å². The van der Waals surface area contributed by atoms with Crippen LogP contribution in [0.15, 0.2) is 12.3 Å². The van der Waals surface area contributed by atoms with Crippen molar-refractivity contribution in [2.75, 3.05) is 0 Å². The number of hydrogen-bond donors (Lipinski definition) is 0. The maximum absolute atomic E-state index is 13.6. The number of hydrogen-bond acceptors (Lipinski definition) is 1. The standard InChI is InChI=1S/C12H14FN/c1-12(2,3)11-8-5-4-6-10(8)14-7-9(11)13/h4-5,7H,6H2,1-3H3. The second-order valence-corrected chi connectivity index (χ2v) is 4.70. The summed E-state index contributed by atoms with van der Waals surface area (Å²) in [7, 11) is 0. The third kappa shape index (κ3) is 1.35. The number of halogens is 1. The number of allylic oxidation sites excluding steroid dienone is 1. The van der Waals surface area contributed by atoms with Gasteiger partial charge in [0.15, 0.2) is 0 Å². The largest absolute Gasteiger partial charge is 0.257 e. The van der Waals surface area contributed by atoms with Crippen LogP contribution in [0.2, 0.25) is 0 Å². The Morgan fingerprint density at radius 2 is 2.07 bits per heavy atom. The maximum Gasteiger partial charge on any atom is 0.145 e. The summed E-state index contributed by atoms with van der Waals surface area (Å²) in [4.78, 5) is 4.10. The molecule has 1 aromatic rings. The molecule has 0 aliphatic heterocycles. The van der Waals surface area contributed by atoms with Crippen molar-refractivity contribution >= 4 is 6.08 Å². The van der Waals surface area contributed by atoms with Gasteiger partial charge in [-0.15, -0.1) is 0 Å². The smallest absolute Gasteiger partial charge is 0.145 e. The molecule has 1 aliphatic carbocycles. The normalized spacial score (nSPS) is 14.6. The lowest BCUT2D eigenvalue weighted by molar-refractivity contribution is 0.517. The lowest BCUT2D eigenvalue weighted by Gasteiger charge is -2.22. The van der Waals surface area contributed by atoms with E-state index < -0.39 is 0 Å². The van der Waals surface area contributed by atoms with Crippen molar-refractivity contribution in [2.24, 2.45) is 0 Å². The average molecular weight is 191 g/mol. The molecule has 0 N–H and O–H groups in total. The van der Waals surface area contributed by atoms with Crippen molar-refractivity contribution < 1.29 is 4.39 Å². The third-order valence-electron chi connectivity index (χ3n) is 2.50. The van der Waals surface area contributed by atoms with Gasteiger partial charge in [0.05, 0.1) is 11.9 Å². The highest BCUT2D eigenvalue weighted by molar-refractivity contribution is 5.62. The van der Waals surface area contributed by atoms with E-state index in [0.29, 0.717) is 0 Å². The van der Waals surface area contributed by atoms with Crippen LogP contribution >= 0.6 is 0 Å². The minimum Gasteiger partial charge on any atom is -0.257 e. The Balaban J connectivity index is 2.69. The molecule has 2 heteroatoms. The van der Waals surface area contributed by atoms with E-state index in [1.165, 1.54) is 6.20 Å². The molecule has 0 amide bonds. The molecule has 1 aromatic heterocycles. The molecule has 0 saturated carbocycles. The zero-order valence-electron chi connectivity index (χ0n) is 8.76. The van der Waals surface area contributed by atoms with Crippen molar-refractivity contribution in [3.05, 3.63) is 34.9 Å². The molecule has 1 heterocycles. The molecule has 14 heavy (non-hydrogen) atoms. The molecule has 2 rings (SSSR count). The Morgan fingerprint density at radius 3 is 2.71 bits per heavy atom. The Bertz CT molecular complexity index is 400. The summed E-state index contributed by atoms with van der Waals surface area (Å²) < 4.78 is 13.6. The molecule has 0 radical (unpaired) electrons. The van der Waals surface area contributed by atoms with Gasteiger partial charge in [-0.25, -0.2) is 4.39 Å². The second kappa shape index (κ2) is 2.91. The van der Waals surface area contributed by atoms with Crippen LogP contribution < -0.4 is 0 Å². The summed E-state index contributed by atoms with van der Waals surface area (Å²) in [5, 5.41) is 0. The van der Waals surface area contributed by atoms with Gasteiger partial charge >= 0.3 is 0 Å². The highest BCUT2D eigenvalue weighted by Crippen LogP contribution is 2.32. The number of nitrogens with zero attached hydrogens (tertiary/aromatic N) is 1. The first-order chi connectivity index (χ1) is 6.50. The van der Waals surface area contributed by atoms with Gasteiger partial charge in [0.1, 0.15) is 5.82 Å². The Hall–Kier alpha value is -1.18. The van der Waals surface area contributed by atoms with Gasteiger partial charge in [-0.3, -0.25) is 4.98 Å². The molecule has 0 unspecified atom stereocenters. The summed E-state index contributed by atoms with van der Waals surface area (Å²) in [5.74, 6) is -0.192. The first-order valence-corrected chi connectivity index (χ1v) is 4.84. The van der Waals surface area contributed by atoms with Crippen molar-refractivity contribution in [1.29, 1.82) is 0 Å². The van der Waals surface area contributed by atoms with Crippen LogP contribution in [-0.2, 0) is 11.8 Å². The lowest BCUT2D eigenvalue weighted by Crippen LogP contribution is -2.16. The van der Waals surface area contributed by atoms with Crippen molar-refractivity contribution in [2.45, 2.75) is 32.6 Å². The van der Waals surface area contributed by atoms with Crippen LogP contribution in [0, 0.1) is 5.82 Å². The van der Waals surface area contributed by atoms with Gasteiger partial charge in [-0.2, -0.15) is 0 Å². The quantitative estimate of drug-likeness (QED) is 0.614. The number of fused-ring (bicyclic) bond motifs is 1. The molecular weight excluding hydrogens is 177 g/mol. The molecule has 1 nitrogen and oxygen atoms in total. The highest BCUT2D eigenvalue weighted by atomic mass is 19.1. The van der Waals surface area contributed by atoms with E-state index in [1.54, 1.807) is 0 Å². The predicted octanol–water partition coefficient (Wildman–Crippen LogP) is 3.09. The van der Waals surface area contributed by atoms with E-state index in [9.17, 15) is 4.39 Å². The number of rotatable bonds is 0. The fourth-order valence-corrected chi connectivity index (χ4v) is 1.93. The zero-order chi connectivity index (χ0) is 10.3. The monoisotopic (exact) mass is 191 g/mol. The summed E-state index contributed by atoms with van der Waals surface area (Å²) in [6.45, 7) is 6.08. The Kier molecular flexibility index (Phi) is 1.95. The molecule has 0 aromatic carbocycles. The number of pyridine rings is 1. The minimum absolute atomic E-state index is 0.161. The molecule has 0 spiro atoms. The summed E-state index contributed by atoms with van der Waals surface area (Å²) in [5.41, 5.74) is 2.61. The molecule has 74 valence electrons. The summed E-state index contributed by atoms with van der Waals surface area (Å²) in [6.07, 6.45) is 6.18. The SMILES string of the molecule is CC(C)(C)c1c(F)cnc2c1C=CC2. The van der Waals surface area contributed by atoms with E-state index in [4.69, 9.17) is 0 Å². The fourth-order valence-electron chi connectivity index (χ4n) is 1.93. The van der Waals surface area contributed by atoms with E-state index in [1.807, 2.05) is 32.9 Å². The van der Waals surface area contributed by atoms with Gasteiger partial charge in [-0.05, 0) is 5.41 Å². The van der Waals surface area contributed by atoms with Crippen molar-refractivity contribution in [1.82, 2.24) is 4.98 Å². The van der Waals surface area contributed by atoms with E-state index >= 15 is 0 Å². The molecule has 0 fully saturated rings. The van der Waals surface area contributed by atoms with E-state index in [-0.39, 0.29) is 11.2 Å². The molecular formula is C12H14FN. The maximum atomic E-state index is 13.6. The molecule has 0 saturated heterocycles. The van der Waals surface area contributed by atoms with Crippen LogP contribution in [0.3, 0.4) is 0 Å². The Morgan fingerprint density at radius 1 is 1.36 bits per heavy atom. The Labute approximate surface area is 83.7 Å². The molecule has 0 atom stereocenters. The number of aromatic nitrogens is 1. The van der Waals surface area contributed by atoms with Crippen LogP contribution in [0.25, 0.3) is 6.08 Å². The van der Waals surface area contributed by atoms with Crippen LogP contribution in [0.1, 0.15) is 37.6 Å². The zero-order valence-corrected chi connectivity index (χ0v) is 8.76. The topological polar surface area (TPSA) is 12.9 Å². The van der Waals surface area contributed by atoms with Crippen LogP contribution in [0.4, 0.5) is 4.39 Å². The van der Waals surface area contributed by atoms with E-state index in [2.05, 4.69) is 4.98 Å². The van der Waals surface area contributed by atoms with Crippen molar-refractivity contribution in [3.8, 4) is 0 Å². The van der Waals surface area contributed by atoms with Crippen molar-refractivity contribution in [3.63, 3.8) is 0 Å². The summed E-state index contributed by atoms with van der Waals surface area (Å²) in [6, 6.07) is 0. The van der Waals surface area contributed by atoms with Crippen LogP contribution in [0.5, 0.6) is 0 Å². The first-order valence-electron chi connectivity index (χ1n) is 4.84. The highest BCUT2D eigenvalue weighted by Gasteiger charge is 2.25. The van der Waals surface area contributed by atoms with Gasteiger partial charge < -0.3 is 0 Å². The molecule has 0 bridgehead atoms. The minimum atomic E-state index is -0.192. The molecule has 1 aliphatic rings. The first kappa shape index (κ1) is 9.38. The lowest BCUT2D eigenvalue weighted by atomic mass is 9.84. The van der Waals surface area contributed by atoms with Gasteiger partial charge in [0.25, 0.3) is 0 Å². The third-order valence-corrected chi connectivity index (χ3v) is 2.50. The van der Waals surface area contributed by atoms with Gasteiger partial charge in [-0.1, -0.05) is 32.9 Å². The van der Waals surface area contributed by atoms with Crippen LogP contribution in [-0.4, -0.2) is 4.98 Å². The second-order valence-electron chi connectivity index (χ2n) is 4.70. The predicted molar refractivity (Wildman–Crippen MR) is 55.6 cm³/mol.